The largest absolute Gasteiger partial charge is 0.444 e. The summed E-state index contributed by atoms with van der Waals surface area (Å²) in [5.74, 6) is 2.05. The van der Waals surface area contributed by atoms with Crippen LogP contribution in [0.1, 0.15) is 18.6 Å². The third kappa shape index (κ3) is 2.85. The Labute approximate surface area is 103 Å². The Bertz CT molecular complexity index is 513. The number of nitrogen functional groups attached to an aromatic ring is 1. The second-order valence-electron chi connectivity index (χ2n) is 3.35. The van der Waals surface area contributed by atoms with Gasteiger partial charge >= 0.3 is 0 Å². The molecular formula is C10H12ClN5O. The third-order valence-corrected chi connectivity index (χ3v) is 2.40. The maximum Gasteiger partial charge on any atom is 0.222 e. The number of nitrogens with zero attached hydrogens (tertiary/aromatic N) is 3. The quantitative estimate of drug-likeness (QED) is 0.865. The Kier molecular flexibility index (Phi) is 3.43. The van der Waals surface area contributed by atoms with E-state index in [1.165, 1.54) is 6.20 Å². The number of oxazole rings is 1. The lowest BCUT2D eigenvalue weighted by Gasteiger charge is -2.04. The normalized spacial score (nSPS) is 10.5. The molecule has 2 aromatic rings. The maximum absolute atomic E-state index is 5.90. The fourth-order valence-corrected chi connectivity index (χ4v) is 1.42. The molecule has 0 aliphatic rings. The van der Waals surface area contributed by atoms with Gasteiger partial charge in [0, 0.05) is 6.42 Å². The standard InChI is InChI=1S/C10H12ClN5O/c1-2-6-3-13-8(17-6)5-14-9-7(11)4-15-10(12)16-9/h3-4H,2,5H2,1H3,(H3,12,14,15,16). The SMILES string of the molecule is CCc1cnc(CNc2nc(N)ncc2Cl)o1. The lowest BCUT2D eigenvalue weighted by atomic mass is 10.4. The van der Waals surface area contributed by atoms with Gasteiger partial charge in [0.05, 0.1) is 18.9 Å². The van der Waals surface area contributed by atoms with E-state index in [0.29, 0.717) is 23.3 Å². The van der Waals surface area contributed by atoms with Gasteiger partial charge in [-0.05, 0) is 0 Å². The van der Waals surface area contributed by atoms with Crippen molar-refractivity contribution in [2.75, 3.05) is 11.1 Å². The van der Waals surface area contributed by atoms with Crippen LogP contribution in [0.2, 0.25) is 5.02 Å². The molecule has 90 valence electrons. The molecule has 2 aromatic heterocycles. The molecule has 0 unspecified atom stereocenters. The number of hydrogen-bond donors (Lipinski definition) is 2. The maximum atomic E-state index is 5.90. The van der Waals surface area contributed by atoms with Crippen LogP contribution in [0.25, 0.3) is 0 Å². The van der Waals surface area contributed by atoms with Crippen molar-refractivity contribution in [3.63, 3.8) is 0 Å². The van der Waals surface area contributed by atoms with E-state index in [-0.39, 0.29) is 5.95 Å². The molecule has 3 N–H and O–H groups in total. The molecule has 0 fully saturated rings. The number of hydrogen-bond acceptors (Lipinski definition) is 6. The minimum atomic E-state index is 0.165. The molecule has 0 aliphatic carbocycles. The van der Waals surface area contributed by atoms with Crippen molar-refractivity contribution < 1.29 is 4.42 Å². The second kappa shape index (κ2) is 5.01. The summed E-state index contributed by atoms with van der Waals surface area (Å²) >= 11 is 5.90. The molecule has 7 heteroatoms. The zero-order chi connectivity index (χ0) is 12.3. The van der Waals surface area contributed by atoms with Crippen molar-refractivity contribution in [1.82, 2.24) is 15.0 Å². The van der Waals surface area contributed by atoms with E-state index >= 15 is 0 Å². The van der Waals surface area contributed by atoms with Gasteiger partial charge in [0.2, 0.25) is 11.8 Å². The van der Waals surface area contributed by atoms with Gasteiger partial charge < -0.3 is 15.5 Å². The van der Waals surface area contributed by atoms with Gasteiger partial charge in [-0.2, -0.15) is 4.98 Å². The highest BCUT2D eigenvalue weighted by atomic mass is 35.5. The summed E-state index contributed by atoms with van der Waals surface area (Å²) in [6.07, 6.45) is 3.96. The van der Waals surface area contributed by atoms with Crippen LogP contribution in [0.4, 0.5) is 11.8 Å². The first kappa shape index (κ1) is 11.7. The molecule has 2 rings (SSSR count). The van der Waals surface area contributed by atoms with Crippen molar-refractivity contribution in [2.45, 2.75) is 19.9 Å². The first-order valence-electron chi connectivity index (χ1n) is 5.14. The Hall–Kier alpha value is -1.82. The molecule has 17 heavy (non-hydrogen) atoms. The van der Waals surface area contributed by atoms with Crippen LogP contribution in [0.15, 0.2) is 16.8 Å². The zero-order valence-electron chi connectivity index (χ0n) is 9.27. The van der Waals surface area contributed by atoms with Crippen LogP contribution in [0, 0.1) is 0 Å². The van der Waals surface area contributed by atoms with E-state index in [1.54, 1.807) is 6.20 Å². The molecule has 0 aromatic carbocycles. The summed E-state index contributed by atoms with van der Waals surface area (Å²) in [6.45, 7) is 2.40. The number of nitrogens with two attached hydrogens (primary N) is 1. The van der Waals surface area contributed by atoms with Crippen LogP contribution in [-0.2, 0) is 13.0 Å². The molecular weight excluding hydrogens is 242 g/mol. The number of anilines is 2. The van der Waals surface area contributed by atoms with Crippen LogP contribution in [-0.4, -0.2) is 15.0 Å². The topological polar surface area (TPSA) is 89.9 Å². The summed E-state index contributed by atoms with van der Waals surface area (Å²) < 4.78 is 5.43. The smallest absolute Gasteiger partial charge is 0.222 e. The first-order valence-corrected chi connectivity index (χ1v) is 5.52. The Morgan fingerprint density at radius 3 is 2.94 bits per heavy atom. The van der Waals surface area contributed by atoms with Gasteiger partial charge in [-0.3, -0.25) is 0 Å². The predicted molar refractivity (Wildman–Crippen MR) is 64.7 cm³/mol. The second-order valence-corrected chi connectivity index (χ2v) is 3.76. The average Bonchev–Trinajstić information content (AvgIpc) is 2.78. The molecule has 0 bridgehead atoms. The minimum Gasteiger partial charge on any atom is -0.444 e. The molecule has 0 atom stereocenters. The molecule has 0 saturated heterocycles. The van der Waals surface area contributed by atoms with Gasteiger partial charge in [-0.1, -0.05) is 18.5 Å². The number of nitrogens with one attached hydrogen (secondary N) is 1. The summed E-state index contributed by atoms with van der Waals surface area (Å²) in [4.78, 5) is 11.8. The lowest BCUT2D eigenvalue weighted by molar-refractivity contribution is 0.465. The molecule has 0 amide bonds. The van der Waals surface area contributed by atoms with E-state index in [9.17, 15) is 0 Å². The van der Waals surface area contributed by atoms with E-state index in [0.717, 1.165) is 12.2 Å². The highest BCUT2D eigenvalue weighted by molar-refractivity contribution is 6.32. The van der Waals surface area contributed by atoms with Crippen molar-refractivity contribution >= 4 is 23.4 Å². The molecule has 0 radical (unpaired) electrons. The molecule has 6 nitrogen and oxygen atoms in total. The van der Waals surface area contributed by atoms with E-state index in [2.05, 4.69) is 20.3 Å². The molecule has 0 spiro atoms. The van der Waals surface area contributed by atoms with Gasteiger partial charge in [0.1, 0.15) is 10.8 Å². The summed E-state index contributed by atoms with van der Waals surface area (Å²) in [5.41, 5.74) is 5.46. The highest BCUT2D eigenvalue weighted by Gasteiger charge is 2.06. The summed E-state index contributed by atoms with van der Waals surface area (Å²) in [6, 6.07) is 0. The van der Waals surface area contributed by atoms with Gasteiger partial charge in [0.25, 0.3) is 0 Å². The zero-order valence-corrected chi connectivity index (χ0v) is 10.0. The fraction of sp³-hybridized carbons (Fsp3) is 0.300. The number of aromatic nitrogens is 3. The fourth-order valence-electron chi connectivity index (χ4n) is 1.26. The van der Waals surface area contributed by atoms with Crippen LogP contribution in [0.5, 0.6) is 0 Å². The average molecular weight is 254 g/mol. The summed E-state index contributed by atoms with van der Waals surface area (Å²) in [5, 5.41) is 3.39. The van der Waals surface area contributed by atoms with Crippen LogP contribution < -0.4 is 11.1 Å². The van der Waals surface area contributed by atoms with E-state index < -0.39 is 0 Å². The molecule has 0 aliphatic heterocycles. The third-order valence-electron chi connectivity index (χ3n) is 2.12. The number of halogens is 1. The first-order chi connectivity index (χ1) is 8.19. The summed E-state index contributed by atoms with van der Waals surface area (Å²) in [7, 11) is 0. The molecule has 0 saturated carbocycles. The Morgan fingerprint density at radius 1 is 1.41 bits per heavy atom. The van der Waals surface area contributed by atoms with Crippen molar-refractivity contribution in [3.05, 3.63) is 29.1 Å². The van der Waals surface area contributed by atoms with Crippen molar-refractivity contribution in [3.8, 4) is 0 Å². The number of rotatable bonds is 4. The van der Waals surface area contributed by atoms with Gasteiger partial charge in [-0.15, -0.1) is 0 Å². The molecule has 2 heterocycles. The van der Waals surface area contributed by atoms with Gasteiger partial charge in [0.15, 0.2) is 5.82 Å². The highest BCUT2D eigenvalue weighted by Crippen LogP contribution is 2.19. The van der Waals surface area contributed by atoms with E-state index in [4.69, 9.17) is 21.8 Å². The van der Waals surface area contributed by atoms with Crippen LogP contribution in [0.3, 0.4) is 0 Å². The monoisotopic (exact) mass is 253 g/mol. The van der Waals surface area contributed by atoms with Crippen molar-refractivity contribution in [2.24, 2.45) is 0 Å². The minimum absolute atomic E-state index is 0.165. The Balaban J connectivity index is 2.04. The lowest BCUT2D eigenvalue weighted by Crippen LogP contribution is -2.05. The van der Waals surface area contributed by atoms with E-state index in [1.807, 2.05) is 6.92 Å². The van der Waals surface area contributed by atoms with Crippen molar-refractivity contribution in [1.29, 1.82) is 0 Å². The number of aryl methyl sites for hydroxylation is 1. The van der Waals surface area contributed by atoms with Crippen LogP contribution >= 0.6 is 11.6 Å². The predicted octanol–water partition coefficient (Wildman–Crippen LogP) is 1.87. The Morgan fingerprint density at radius 2 is 2.24 bits per heavy atom. The van der Waals surface area contributed by atoms with Gasteiger partial charge in [-0.25, -0.2) is 9.97 Å².